The van der Waals surface area contributed by atoms with E-state index in [0.29, 0.717) is 6.54 Å². The number of carbonyl (C=O) groups is 2. The normalized spacial score (nSPS) is 15.8. The first-order chi connectivity index (χ1) is 12.7. The van der Waals surface area contributed by atoms with Crippen molar-refractivity contribution >= 4 is 11.8 Å². The van der Waals surface area contributed by atoms with Crippen molar-refractivity contribution in [1.82, 2.24) is 10.6 Å². The van der Waals surface area contributed by atoms with Crippen molar-refractivity contribution < 1.29 is 9.59 Å². The predicted molar refractivity (Wildman–Crippen MR) is 101 cm³/mol. The highest BCUT2D eigenvalue weighted by Gasteiger charge is 2.21. The van der Waals surface area contributed by atoms with Gasteiger partial charge in [-0.05, 0) is 41.5 Å². The number of benzene rings is 2. The van der Waals surface area contributed by atoms with E-state index in [1.807, 2.05) is 36.4 Å². The van der Waals surface area contributed by atoms with Crippen LogP contribution in [-0.4, -0.2) is 18.4 Å². The van der Waals surface area contributed by atoms with Crippen molar-refractivity contribution in [2.45, 2.75) is 38.3 Å². The number of amides is 2. The molecule has 1 aliphatic rings. The Hall–Kier alpha value is -2.66. The van der Waals surface area contributed by atoms with Crippen LogP contribution >= 0.6 is 0 Å². The molecule has 3 rings (SSSR count). The van der Waals surface area contributed by atoms with Crippen molar-refractivity contribution in [1.29, 1.82) is 0 Å². The second-order valence-corrected chi connectivity index (χ2v) is 6.69. The zero-order valence-corrected chi connectivity index (χ0v) is 14.8. The molecule has 0 fully saturated rings. The van der Waals surface area contributed by atoms with E-state index in [0.717, 1.165) is 30.4 Å². The molecule has 1 atom stereocenters. The minimum absolute atomic E-state index is 0.00160. The molecule has 0 radical (unpaired) electrons. The van der Waals surface area contributed by atoms with Crippen molar-refractivity contribution in [3.05, 3.63) is 70.8 Å². The molecule has 0 bridgehead atoms. The summed E-state index contributed by atoms with van der Waals surface area (Å²) in [6.07, 6.45) is 3.31. The lowest BCUT2D eigenvalue weighted by Crippen LogP contribution is -2.40. The van der Waals surface area contributed by atoms with Gasteiger partial charge in [-0.25, -0.2) is 0 Å². The van der Waals surface area contributed by atoms with Gasteiger partial charge in [-0.3, -0.25) is 9.59 Å². The molecule has 5 nitrogen and oxygen atoms in total. The van der Waals surface area contributed by atoms with Crippen LogP contribution in [0.1, 0.15) is 41.1 Å². The fourth-order valence-electron chi connectivity index (χ4n) is 3.37. The van der Waals surface area contributed by atoms with E-state index < -0.39 is 0 Å². The number of nitrogens with two attached hydrogens (primary N) is 1. The molecule has 0 heterocycles. The van der Waals surface area contributed by atoms with E-state index in [4.69, 9.17) is 5.73 Å². The average molecular weight is 351 g/mol. The molecule has 0 spiro atoms. The number of aryl methyl sites for hydroxylation is 1. The number of fused-ring (bicyclic) bond motifs is 1. The molecule has 2 aromatic carbocycles. The molecule has 2 amide bonds. The van der Waals surface area contributed by atoms with Crippen LogP contribution in [0, 0.1) is 0 Å². The first-order valence-corrected chi connectivity index (χ1v) is 9.07. The Labute approximate surface area is 154 Å². The lowest BCUT2D eigenvalue weighted by atomic mass is 9.88. The minimum Gasteiger partial charge on any atom is -0.348 e. The molecule has 26 heavy (non-hydrogen) atoms. The molecular weight excluding hydrogens is 326 g/mol. The van der Waals surface area contributed by atoms with Crippen LogP contribution in [0.15, 0.2) is 48.5 Å². The maximum absolute atomic E-state index is 12.2. The Bertz CT molecular complexity index is 771. The molecule has 0 aliphatic heterocycles. The molecule has 1 aliphatic carbocycles. The van der Waals surface area contributed by atoms with Crippen LogP contribution in [0.5, 0.6) is 0 Å². The summed E-state index contributed by atoms with van der Waals surface area (Å²) in [6, 6.07) is 15.9. The van der Waals surface area contributed by atoms with Gasteiger partial charge in [0.25, 0.3) is 0 Å². The lowest BCUT2D eigenvalue weighted by molar-refractivity contribution is -0.126. The summed E-state index contributed by atoms with van der Waals surface area (Å²) in [6.45, 7) is 0.481. The standard InChI is InChI=1S/C21H25N3O2/c22-13-16-10-8-15(9-11-16)12-20(25)23-14-21(26)24-19-7-3-5-17-4-1-2-6-18(17)19/h1-2,4,6,8-11,19H,3,5,7,12-14,22H2,(H,23,25)(H,24,26). The number of hydrogen-bond acceptors (Lipinski definition) is 3. The van der Waals surface area contributed by atoms with Gasteiger partial charge in [0, 0.05) is 6.54 Å². The van der Waals surface area contributed by atoms with Crippen molar-refractivity contribution in [3.8, 4) is 0 Å². The fraction of sp³-hybridized carbons (Fsp3) is 0.333. The summed E-state index contributed by atoms with van der Waals surface area (Å²) in [5.41, 5.74) is 9.99. The lowest BCUT2D eigenvalue weighted by Gasteiger charge is -2.26. The summed E-state index contributed by atoms with van der Waals surface area (Å²) in [7, 11) is 0. The van der Waals surface area contributed by atoms with Crippen LogP contribution in [0.3, 0.4) is 0 Å². The predicted octanol–water partition coefficient (Wildman–Crippen LogP) is 2.00. The highest BCUT2D eigenvalue weighted by Crippen LogP contribution is 2.29. The Kier molecular flexibility index (Phi) is 6.02. The van der Waals surface area contributed by atoms with Crippen LogP contribution in [-0.2, 0) is 29.0 Å². The minimum atomic E-state index is -0.162. The van der Waals surface area contributed by atoms with E-state index in [1.165, 1.54) is 11.1 Å². The molecule has 0 aromatic heterocycles. The van der Waals surface area contributed by atoms with Gasteiger partial charge in [0.1, 0.15) is 0 Å². The summed E-state index contributed by atoms with van der Waals surface area (Å²) in [5, 5.41) is 5.74. The highest BCUT2D eigenvalue weighted by atomic mass is 16.2. The van der Waals surface area contributed by atoms with Crippen molar-refractivity contribution in [3.63, 3.8) is 0 Å². The molecule has 136 valence electrons. The van der Waals surface area contributed by atoms with Crippen LogP contribution in [0.25, 0.3) is 0 Å². The van der Waals surface area contributed by atoms with Crippen molar-refractivity contribution in [2.75, 3.05) is 6.54 Å². The zero-order valence-electron chi connectivity index (χ0n) is 14.8. The quantitative estimate of drug-likeness (QED) is 0.744. The maximum atomic E-state index is 12.2. The van der Waals surface area contributed by atoms with Crippen LogP contribution in [0.2, 0.25) is 0 Å². The largest absolute Gasteiger partial charge is 0.348 e. The summed E-state index contributed by atoms with van der Waals surface area (Å²) in [4.78, 5) is 24.3. The zero-order chi connectivity index (χ0) is 18.4. The Balaban J connectivity index is 1.47. The van der Waals surface area contributed by atoms with E-state index in [-0.39, 0.29) is 30.8 Å². The SMILES string of the molecule is NCc1ccc(CC(=O)NCC(=O)NC2CCCc3ccccc32)cc1. The van der Waals surface area contributed by atoms with Gasteiger partial charge in [0.2, 0.25) is 11.8 Å². The molecule has 4 N–H and O–H groups in total. The van der Waals surface area contributed by atoms with Gasteiger partial charge >= 0.3 is 0 Å². The van der Waals surface area contributed by atoms with E-state index in [1.54, 1.807) is 0 Å². The van der Waals surface area contributed by atoms with E-state index in [2.05, 4.69) is 22.8 Å². The number of nitrogens with one attached hydrogen (secondary N) is 2. The molecule has 1 unspecified atom stereocenters. The Morgan fingerprint density at radius 1 is 1.00 bits per heavy atom. The first kappa shape index (κ1) is 18.1. The third kappa shape index (κ3) is 4.70. The Morgan fingerprint density at radius 2 is 1.73 bits per heavy atom. The highest BCUT2D eigenvalue weighted by molar-refractivity contribution is 5.85. The molecule has 2 aromatic rings. The van der Waals surface area contributed by atoms with E-state index >= 15 is 0 Å². The number of rotatable bonds is 6. The second-order valence-electron chi connectivity index (χ2n) is 6.69. The molecule has 5 heteroatoms. The maximum Gasteiger partial charge on any atom is 0.239 e. The number of carbonyl (C=O) groups excluding carboxylic acids is 2. The average Bonchev–Trinajstić information content (AvgIpc) is 2.67. The second kappa shape index (κ2) is 8.63. The summed E-state index contributed by atoms with van der Waals surface area (Å²) >= 11 is 0. The van der Waals surface area contributed by atoms with Crippen LogP contribution < -0.4 is 16.4 Å². The topological polar surface area (TPSA) is 84.2 Å². The van der Waals surface area contributed by atoms with Gasteiger partial charge in [-0.1, -0.05) is 48.5 Å². The first-order valence-electron chi connectivity index (χ1n) is 9.07. The van der Waals surface area contributed by atoms with Gasteiger partial charge in [-0.15, -0.1) is 0 Å². The summed E-state index contributed by atoms with van der Waals surface area (Å²) < 4.78 is 0. The van der Waals surface area contributed by atoms with Gasteiger partial charge in [0.05, 0.1) is 19.0 Å². The van der Waals surface area contributed by atoms with Crippen molar-refractivity contribution in [2.24, 2.45) is 5.73 Å². The molecular formula is C21H25N3O2. The molecule has 0 saturated heterocycles. The Morgan fingerprint density at radius 3 is 2.50 bits per heavy atom. The van der Waals surface area contributed by atoms with Gasteiger partial charge < -0.3 is 16.4 Å². The monoisotopic (exact) mass is 351 g/mol. The molecule has 0 saturated carbocycles. The van der Waals surface area contributed by atoms with Gasteiger partial charge in [0.15, 0.2) is 0 Å². The van der Waals surface area contributed by atoms with Gasteiger partial charge in [-0.2, -0.15) is 0 Å². The summed E-state index contributed by atoms with van der Waals surface area (Å²) in [5.74, 6) is -0.316. The van der Waals surface area contributed by atoms with E-state index in [9.17, 15) is 9.59 Å². The third-order valence-corrected chi connectivity index (χ3v) is 4.77. The number of hydrogen-bond donors (Lipinski definition) is 3. The van der Waals surface area contributed by atoms with Crippen LogP contribution in [0.4, 0.5) is 0 Å². The smallest absolute Gasteiger partial charge is 0.239 e. The fourth-order valence-corrected chi connectivity index (χ4v) is 3.37. The third-order valence-electron chi connectivity index (χ3n) is 4.77.